The highest BCUT2D eigenvalue weighted by atomic mass is 16.4. The van der Waals surface area contributed by atoms with Crippen LogP contribution in [0.4, 0.5) is 5.69 Å². The Hall–Kier alpha value is -3.02. The summed E-state index contributed by atoms with van der Waals surface area (Å²) in [5.41, 5.74) is 3.46. The van der Waals surface area contributed by atoms with Crippen molar-refractivity contribution in [2.24, 2.45) is 10.3 Å². The molecule has 0 amide bonds. The van der Waals surface area contributed by atoms with Crippen LogP contribution in [-0.2, 0) is 0 Å². The molecule has 0 heterocycles. The fourth-order valence-corrected chi connectivity index (χ4v) is 1.61. The van der Waals surface area contributed by atoms with Crippen molar-refractivity contribution in [2.45, 2.75) is 0 Å². The average Bonchev–Trinajstić information content (AvgIpc) is 2.49. The van der Waals surface area contributed by atoms with Crippen molar-refractivity contribution < 1.29 is 9.90 Å². The van der Waals surface area contributed by atoms with Gasteiger partial charge in [0.2, 0.25) is 5.84 Å². The molecule has 0 unspecified atom stereocenters. The van der Waals surface area contributed by atoms with Crippen molar-refractivity contribution in [1.29, 1.82) is 0 Å². The Morgan fingerprint density at radius 1 is 1.00 bits per heavy atom. The number of carboxylic acids is 1. The van der Waals surface area contributed by atoms with Crippen LogP contribution in [-0.4, -0.2) is 16.9 Å². The molecule has 2 aromatic rings. The topological polar surface area (TPSA) is 91.1 Å². The molecule has 0 fully saturated rings. The first-order valence-corrected chi connectivity index (χ1v) is 5.77. The highest BCUT2D eigenvalue weighted by Crippen LogP contribution is 2.15. The third-order valence-electron chi connectivity index (χ3n) is 2.56. The maximum absolute atomic E-state index is 11.0. The van der Waals surface area contributed by atoms with Crippen LogP contribution in [0.3, 0.4) is 0 Å². The number of amidine groups is 1. The quantitative estimate of drug-likeness (QED) is 0.386. The Kier molecular flexibility index (Phi) is 4.18. The summed E-state index contributed by atoms with van der Waals surface area (Å²) in [4.78, 5) is 21.8. The van der Waals surface area contributed by atoms with E-state index in [2.05, 4.69) is 15.7 Å². The van der Waals surface area contributed by atoms with Crippen LogP contribution >= 0.6 is 0 Å². The van der Waals surface area contributed by atoms with Crippen molar-refractivity contribution in [1.82, 2.24) is 0 Å². The molecule has 0 bridgehead atoms. The number of para-hydroxylation sites is 1. The molecule has 0 aliphatic carbocycles. The van der Waals surface area contributed by atoms with Crippen molar-refractivity contribution in [3.63, 3.8) is 0 Å². The highest BCUT2D eigenvalue weighted by molar-refractivity contribution is 6.00. The van der Waals surface area contributed by atoms with Crippen molar-refractivity contribution in [3.8, 4) is 0 Å². The van der Waals surface area contributed by atoms with E-state index in [4.69, 9.17) is 5.11 Å². The zero-order valence-electron chi connectivity index (χ0n) is 10.4. The molecule has 20 heavy (non-hydrogen) atoms. The lowest BCUT2D eigenvalue weighted by Crippen LogP contribution is -2.05. The predicted molar refractivity (Wildman–Crippen MR) is 75.8 cm³/mol. The van der Waals surface area contributed by atoms with E-state index >= 15 is 0 Å². The van der Waals surface area contributed by atoms with E-state index < -0.39 is 5.97 Å². The lowest BCUT2D eigenvalue weighted by Gasteiger charge is -2.05. The SMILES string of the molecule is O=N/C(=N/Nc1ccccc1C(=O)O)c1ccccc1. The number of nitrogens with one attached hydrogen (secondary N) is 1. The molecule has 2 aromatic carbocycles. The number of carboxylic acid groups (broad SMARTS) is 1. The molecule has 0 spiro atoms. The first-order chi connectivity index (χ1) is 9.72. The van der Waals surface area contributed by atoms with Gasteiger partial charge in [0.25, 0.3) is 0 Å². The van der Waals surface area contributed by atoms with Crippen LogP contribution < -0.4 is 5.43 Å². The van der Waals surface area contributed by atoms with E-state index in [-0.39, 0.29) is 17.1 Å². The molecule has 0 saturated carbocycles. The van der Waals surface area contributed by atoms with Crippen molar-refractivity contribution in [2.75, 3.05) is 5.43 Å². The third-order valence-corrected chi connectivity index (χ3v) is 2.56. The van der Waals surface area contributed by atoms with E-state index in [1.807, 2.05) is 0 Å². The Labute approximate surface area is 114 Å². The summed E-state index contributed by atoms with van der Waals surface area (Å²) in [6.45, 7) is 0. The fraction of sp³-hybridized carbons (Fsp3) is 0. The van der Waals surface area contributed by atoms with Crippen LogP contribution in [0.1, 0.15) is 15.9 Å². The standard InChI is InChI=1S/C14H11N3O3/c18-14(19)11-8-4-5-9-12(11)15-16-13(17-20)10-6-2-1-3-7-10/h1-9,15H,(H,18,19)/b16-13+. The number of hydrazone groups is 1. The lowest BCUT2D eigenvalue weighted by molar-refractivity contribution is 0.0698. The number of nitrogens with zero attached hydrogens (tertiary/aromatic N) is 2. The molecular formula is C14H11N3O3. The second kappa shape index (κ2) is 6.24. The molecule has 100 valence electrons. The van der Waals surface area contributed by atoms with E-state index in [0.29, 0.717) is 5.56 Å². The molecular weight excluding hydrogens is 258 g/mol. The fourth-order valence-electron chi connectivity index (χ4n) is 1.61. The van der Waals surface area contributed by atoms with Gasteiger partial charge in [0.1, 0.15) is 0 Å². The first-order valence-electron chi connectivity index (χ1n) is 5.77. The smallest absolute Gasteiger partial charge is 0.337 e. The number of anilines is 1. The second-order valence-electron chi connectivity index (χ2n) is 3.86. The molecule has 0 saturated heterocycles. The minimum Gasteiger partial charge on any atom is -0.478 e. The van der Waals surface area contributed by atoms with E-state index in [1.165, 1.54) is 6.07 Å². The highest BCUT2D eigenvalue weighted by Gasteiger charge is 2.09. The molecule has 6 nitrogen and oxygen atoms in total. The third kappa shape index (κ3) is 3.05. The molecule has 0 atom stereocenters. The summed E-state index contributed by atoms with van der Waals surface area (Å²) in [5.74, 6) is -1.13. The Morgan fingerprint density at radius 3 is 2.30 bits per heavy atom. The Bertz CT molecular complexity index is 654. The minimum absolute atomic E-state index is 0.0502. The van der Waals surface area contributed by atoms with Crippen LogP contribution in [0.15, 0.2) is 64.9 Å². The molecule has 0 radical (unpaired) electrons. The number of aromatic carboxylic acids is 1. The van der Waals surface area contributed by atoms with Gasteiger partial charge in [0.05, 0.1) is 11.3 Å². The molecule has 2 rings (SSSR count). The van der Waals surface area contributed by atoms with Gasteiger partial charge in [-0.1, -0.05) is 42.5 Å². The number of carbonyl (C=O) groups is 1. The molecule has 2 N–H and O–H groups in total. The monoisotopic (exact) mass is 269 g/mol. The normalized spacial score (nSPS) is 10.9. The Balaban J connectivity index is 2.28. The zero-order valence-corrected chi connectivity index (χ0v) is 10.4. The number of benzene rings is 2. The average molecular weight is 269 g/mol. The molecule has 0 aliphatic heterocycles. The van der Waals surface area contributed by atoms with E-state index in [0.717, 1.165) is 0 Å². The largest absolute Gasteiger partial charge is 0.478 e. The summed E-state index contributed by atoms with van der Waals surface area (Å²) in [7, 11) is 0. The van der Waals surface area contributed by atoms with Crippen LogP contribution in [0.25, 0.3) is 0 Å². The first kappa shape index (κ1) is 13.4. The van der Waals surface area contributed by atoms with Gasteiger partial charge in [0.15, 0.2) is 0 Å². The van der Waals surface area contributed by atoms with Gasteiger partial charge in [-0.2, -0.15) is 5.10 Å². The number of rotatable bonds is 4. The van der Waals surface area contributed by atoms with Gasteiger partial charge in [-0.3, -0.25) is 5.43 Å². The van der Waals surface area contributed by atoms with Crippen LogP contribution in [0.2, 0.25) is 0 Å². The van der Waals surface area contributed by atoms with Gasteiger partial charge < -0.3 is 5.11 Å². The van der Waals surface area contributed by atoms with Gasteiger partial charge in [-0.15, -0.1) is 4.91 Å². The van der Waals surface area contributed by atoms with Crippen molar-refractivity contribution >= 4 is 17.5 Å². The molecule has 0 aliphatic rings. The maximum Gasteiger partial charge on any atom is 0.337 e. The second-order valence-corrected chi connectivity index (χ2v) is 3.86. The van der Waals surface area contributed by atoms with Gasteiger partial charge >= 0.3 is 5.97 Å². The van der Waals surface area contributed by atoms with E-state index in [1.54, 1.807) is 48.5 Å². The number of hydrogen-bond donors (Lipinski definition) is 2. The minimum atomic E-state index is -1.08. The van der Waals surface area contributed by atoms with E-state index in [9.17, 15) is 9.70 Å². The summed E-state index contributed by atoms with van der Waals surface area (Å²) in [6, 6.07) is 14.9. The predicted octanol–water partition coefficient (Wildman–Crippen LogP) is 2.92. The lowest BCUT2D eigenvalue weighted by atomic mass is 10.2. The van der Waals surface area contributed by atoms with Crippen LogP contribution in [0.5, 0.6) is 0 Å². The van der Waals surface area contributed by atoms with Crippen LogP contribution in [0, 0.1) is 4.91 Å². The Morgan fingerprint density at radius 2 is 1.65 bits per heavy atom. The summed E-state index contributed by atoms with van der Waals surface area (Å²) in [6.07, 6.45) is 0. The summed E-state index contributed by atoms with van der Waals surface area (Å²) in [5, 5.41) is 15.7. The van der Waals surface area contributed by atoms with Gasteiger partial charge in [0, 0.05) is 5.56 Å². The van der Waals surface area contributed by atoms with Gasteiger partial charge in [-0.05, 0) is 17.3 Å². The molecule has 6 heteroatoms. The number of nitroso groups, excluding NO2 is 1. The maximum atomic E-state index is 11.0. The molecule has 0 aromatic heterocycles. The number of hydrogen-bond acceptors (Lipinski definition) is 4. The van der Waals surface area contributed by atoms with Crippen molar-refractivity contribution in [3.05, 3.63) is 70.6 Å². The summed E-state index contributed by atoms with van der Waals surface area (Å²) >= 11 is 0. The summed E-state index contributed by atoms with van der Waals surface area (Å²) < 4.78 is 0. The van der Waals surface area contributed by atoms with Gasteiger partial charge in [-0.25, -0.2) is 4.79 Å². The zero-order chi connectivity index (χ0) is 14.4.